The van der Waals surface area contributed by atoms with E-state index in [1.807, 2.05) is 0 Å². The van der Waals surface area contributed by atoms with Crippen molar-refractivity contribution in [3.63, 3.8) is 0 Å². The molecule has 1 unspecified atom stereocenters. The average molecular weight is 591 g/mol. The molecule has 0 aromatic carbocycles. The summed E-state index contributed by atoms with van der Waals surface area (Å²) >= 11 is 0. The summed E-state index contributed by atoms with van der Waals surface area (Å²) < 4.78 is 5.35. The predicted octanol–water partition coefficient (Wildman–Crippen LogP) is 12.3. The maximum Gasteiger partial charge on any atom is 0.306 e. The summed E-state index contributed by atoms with van der Waals surface area (Å²) in [5.41, 5.74) is 0. The van der Waals surface area contributed by atoms with E-state index in [2.05, 4.69) is 38.2 Å². The van der Waals surface area contributed by atoms with Crippen LogP contribution in [0.15, 0.2) is 24.3 Å². The van der Waals surface area contributed by atoms with Crippen molar-refractivity contribution < 1.29 is 19.4 Å². The van der Waals surface area contributed by atoms with Crippen LogP contribution in [0.1, 0.15) is 194 Å². The zero-order chi connectivity index (χ0) is 30.8. The van der Waals surface area contributed by atoms with Gasteiger partial charge in [0.2, 0.25) is 0 Å². The predicted molar refractivity (Wildman–Crippen MR) is 181 cm³/mol. The number of hydrogen-bond acceptors (Lipinski definition) is 3. The van der Waals surface area contributed by atoms with Crippen molar-refractivity contribution in [1.29, 1.82) is 0 Å². The highest BCUT2D eigenvalue weighted by Gasteiger charge is 2.17. The van der Waals surface area contributed by atoms with E-state index >= 15 is 0 Å². The Morgan fingerprint density at radius 1 is 0.524 bits per heavy atom. The van der Waals surface area contributed by atoms with Gasteiger partial charge in [-0.3, -0.25) is 9.59 Å². The zero-order valence-corrected chi connectivity index (χ0v) is 28.1. The third-order valence-corrected chi connectivity index (χ3v) is 8.29. The Labute approximate surface area is 261 Å². The lowest BCUT2D eigenvalue weighted by Crippen LogP contribution is -2.17. The van der Waals surface area contributed by atoms with Gasteiger partial charge in [0.15, 0.2) is 0 Å². The van der Waals surface area contributed by atoms with Crippen LogP contribution in [0.2, 0.25) is 0 Å². The molecule has 1 atom stereocenters. The van der Waals surface area contributed by atoms with Crippen LogP contribution in [-0.4, -0.2) is 23.7 Å². The Morgan fingerprint density at radius 3 is 1.33 bits per heavy atom. The summed E-state index contributed by atoms with van der Waals surface area (Å²) in [6, 6.07) is 0. The summed E-state index contributed by atoms with van der Waals surface area (Å²) in [5.74, 6) is -1.35. The third kappa shape index (κ3) is 31.4. The Balaban J connectivity index is 3.58. The minimum absolute atomic E-state index is 0.179. The molecule has 0 aliphatic heterocycles. The van der Waals surface area contributed by atoms with Gasteiger partial charge >= 0.3 is 11.9 Å². The van der Waals surface area contributed by atoms with Crippen molar-refractivity contribution in [3.8, 4) is 0 Å². The SMILES string of the molecule is CCCCCCCC/C=C\CCCCCCCC(=O)OCCC(CCCCCC/C=C\CCCCCCCC)C(=O)O. The number of aliphatic carboxylic acids is 1. The highest BCUT2D eigenvalue weighted by Crippen LogP contribution is 2.17. The average Bonchev–Trinajstić information content (AvgIpc) is 2.98. The van der Waals surface area contributed by atoms with Crippen molar-refractivity contribution in [2.24, 2.45) is 5.92 Å². The second-order valence-corrected chi connectivity index (χ2v) is 12.4. The number of allylic oxidation sites excluding steroid dienone is 4. The first-order valence-corrected chi connectivity index (χ1v) is 18.3. The molecule has 0 aliphatic carbocycles. The van der Waals surface area contributed by atoms with Crippen molar-refractivity contribution >= 4 is 11.9 Å². The van der Waals surface area contributed by atoms with Crippen LogP contribution in [0.4, 0.5) is 0 Å². The van der Waals surface area contributed by atoms with Gasteiger partial charge in [0.05, 0.1) is 12.5 Å². The normalized spacial score (nSPS) is 12.4. The van der Waals surface area contributed by atoms with Gasteiger partial charge in [-0.05, 0) is 70.6 Å². The first-order chi connectivity index (χ1) is 20.6. The Morgan fingerprint density at radius 2 is 0.905 bits per heavy atom. The molecule has 0 fully saturated rings. The van der Waals surface area contributed by atoms with Crippen LogP contribution < -0.4 is 0 Å². The number of esters is 1. The molecule has 0 rings (SSSR count). The molecule has 42 heavy (non-hydrogen) atoms. The van der Waals surface area contributed by atoms with Gasteiger partial charge in [0.25, 0.3) is 0 Å². The van der Waals surface area contributed by atoms with Crippen LogP contribution in [0.5, 0.6) is 0 Å². The molecule has 4 heteroatoms. The summed E-state index contributed by atoms with van der Waals surface area (Å²) in [7, 11) is 0. The lowest BCUT2D eigenvalue weighted by Gasteiger charge is -2.12. The summed E-state index contributed by atoms with van der Waals surface area (Å²) in [4.78, 5) is 23.7. The first kappa shape index (κ1) is 40.4. The van der Waals surface area contributed by atoms with E-state index in [4.69, 9.17) is 4.74 Å². The number of carboxylic acid groups (broad SMARTS) is 1. The van der Waals surface area contributed by atoms with Gasteiger partial charge in [-0.2, -0.15) is 0 Å². The van der Waals surface area contributed by atoms with Gasteiger partial charge in [-0.15, -0.1) is 0 Å². The Hall–Kier alpha value is -1.58. The monoisotopic (exact) mass is 591 g/mol. The van der Waals surface area contributed by atoms with Gasteiger partial charge in [-0.25, -0.2) is 0 Å². The third-order valence-electron chi connectivity index (χ3n) is 8.29. The van der Waals surface area contributed by atoms with Crippen LogP contribution in [0.25, 0.3) is 0 Å². The van der Waals surface area contributed by atoms with Crippen molar-refractivity contribution in [1.82, 2.24) is 0 Å². The number of carbonyl (C=O) groups is 2. The molecule has 1 N–H and O–H groups in total. The van der Waals surface area contributed by atoms with E-state index in [1.165, 1.54) is 116 Å². The molecule has 0 radical (unpaired) electrons. The molecular formula is C38H70O4. The van der Waals surface area contributed by atoms with Gasteiger partial charge in [0.1, 0.15) is 0 Å². The Kier molecular flexibility index (Phi) is 32.6. The van der Waals surface area contributed by atoms with Crippen LogP contribution in [-0.2, 0) is 14.3 Å². The first-order valence-electron chi connectivity index (χ1n) is 18.3. The number of unbranched alkanes of at least 4 members (excludes halogenated alkanes) is 21. The van der Waals surface area contributed by atoms with Gasteiger partial charge < -0.3 is 9.84 Å². The molecule has 0 saturated carbocycles. The van der Waals surface area contributed by atoms with E-state index in [-0.39, 0.29) is 12.6 Å². The fourth-order valence-corrected chi connectivity index (χ4v) is 5.40. The standard InChI is InChI=1S/C38H70O4/c1-3-5-7-9-11-13-15-17-19-21-23-25-27-29-31-33-37(39)42-35-34-36(38(40)41)32-30-28-26-24-22-20-18-16-14-12-10-8-6-4-2/h17-20,36H,3-16,21-35H2,1-2H3,(H,40,41)/b19-17-,20-18-. The minimum Gasteiger partial charge on any atom is -0.481 e. The second kappa shape index (κ2) is 33.9. The molecule has 0 aliphatic rings. The molecule has 0 spiro atoms. The van der Waals surface area contributed by atoms with Crippen molar-refractivity contribution in [2.45, 2.75) is 194 Å². The molecule has 0 heterocycles. The number of carbonyl (C=O) groups excluding carboxylic acids is 1. The maximum absolute atomic E-state index is 12.0. The highest BCUT2D eigenvalue weighted by atomic mass is 16.5. The Bertz CT molecular complexity index is 639. The zero-order valence-electron chi connectivity index (χ0n) is 28.1. The van der Waals surface area contributed by atoms with E-state index in [0.717, 1.165) is 44.9 Å². The second-order valence-electron chi connectivity index (χ2n) is 12.4. The summed E-state index contributed by atoms with van der Waals surface area (Å²) in [6.45, 7) is 4.75. The minimum atomic E-state index is -0.763. The molecular weight excluding hydrogens is 520 g/mol. The highest BCUT2D eigenvalue weighted by molar-refractivity contribution is 5.70. The summed E-state index contributed by atoms with van der Waals surface area (Å²) in [5, 5.41) is 9.54. The molecule has 0 bridgehead atoms. The quantitative estimate of drug-likeness (QED) is 0.0469. The number of hydrogen-bond donors (Lipinski definition) is 1. The fourth-order valence-electron chi connectivity index (χ4n) is 5.40. The fraction of sp³-hybridized carbons (Fsp3) is 0.842. The molecule has 246 valence electrons. The molecule has 0 aromatic heterocycles. The smallest absolute Gasteiger partial charge is 0.306 e. The van der Waals surface area contributed by atoms with Gasteiger partial charge in [-0.1, -0.05) is 141 Å². The van der Waals surface area contributed by atoms with E-state index in [9.17, 15) is 14.7 Å². The molecule has 0 saturated heterocycles. The van der Waals surface area contributed by atoms with E-state index < -0.39 is 11.9 Å². The van der Waals surface area contributed by atoms with Crippen LogP contribution in [0.3, 0.4) is 0 Å². The van der Waals surface area contributed by atoms with E-state index in [1.54, 1.807) is 0 Å². The number of rotatable bonds is 33. The molecule has 0 amide bonds. The topological polar surface area (TPSA) is 63.6 Å². The van der Waals surface area contributed by atoms with Crippen molar-refractivity contribution in [3.05, 3.63) is 24.3 Å². The lowest BCUT2D eigenvalue weighted by atomic mass is 9.97. The number of carboxylic acids is 1. The van der Waals surface area contributed by atoms with Gasteiger partial charge in [0, 0.05) is 6.42 Å². The molecule has 4 nitrogen and oxygen atoms in total. The largest absolute Gasteiger partial charge is 0.481 e. The summed E-state index contributed by atoms with van der Waals surface area (Å²) in [6.07, 6.45) is 41.7. The van der Waals surface area contributed by atoms with Crippen LogP contribution >= 0.6 is 0 Å². The van der Waals surface area contributed by atoms with E-state index in [0.29, 0.717) is 19.3 Å². The van der Waals surface area contributed by atoms with Crippen molar-refractivity contribution in [2.75, 3.05) is 6.61 Å². The van der Waals surface area contributed by atoms with Crippen LogP contribution in [0, 0.1) is 5.92 Å². The molecule has 0 aromatic rings. The number of ether oxygens (including phenoxy) is 1. The lowest BCUT2D eigenvalue weighted by molar-refractivity contribution is -0.148. The maximum atomic E-state index is 12.0.